The number of carbonyl (C=O) groups excluding carboxylic acids is 4. The Hall–Kier alpha value is -3.73. The molecule has 200 valence electrons. The molecule has 0 aromatic heterocycles. The first-order valence-corrected chi connectivity index (χ1v) is 12.6. The first kappa shape index (κ1) is 25.9. The first-order chi connectivity index (χ1) is 18.1. The highest BCUT2D eigenvalue weighted by atomic mass is 19.4. The van der Waals surface area contributed by atoms with Gasteiger partial charge in [0, 0.05) is 30.7 Å². The standard InChI is InChI=1S/C27H27F3N4O4/c28-27(29,30)17-5-3-4-16(12-17)24(36)31-13-23(35)32-18-14-33(15-18)19-8-10-20(11-9-19)34-25(37)21-6-1-2-7-22(21)26(34)38/h1-7,12,18-20H,8-11,13-15H2,(H,31,36)(H,32,35). The minimum Gasteiger partial charge on any atom is -0.349 e. The van der Waals surface area contributed by atoms with E-state index in [1.165, 1.54) is 11.0 Å². The highest BCUT2D eigenvalue weighted by molar-refractivity contribution is 6.21. The Labute approximate surface area is 217 Å². The van der Waals surface area contributed by atoms with Crippen LogP contribution < -0.4 is 10.6 Å². The number of halogens is 3. The number of imide groups is 1. The van der Waals surface area contributed by atoms with Gasteiger partial charge in [-0.15, -0.1) is 0 Å². The Bertz CT molecular complexity index is 1230. The van der Waals surface area contributed by atoms with Crippen LogP contribution in [0.5, 0.6) is 0 Å². The van der Waals surface area contributed by atoms with E-state index < -0.39 is 23.6 Å². The number of amides is 4. The number of alkyl halides is 3. The predicted octanol–water partition coefficient (Wildman–Crippen LogP) is 2.84. The summed E-state index contributed by atoms with van der Waals surface area (Å²) in [7, 11) is 0. The molecule has 2 N–H and O–H groups in total. The summed E-state index contributed by atoms with van der Waals surface area (Å²) < 4.78 is 38.5. The largest absolute Gasteiger partial charge is 0.416 e. The molecular formula is C27H27F3N4O4. The van der Waals surface area contributed by atoms with Crippen molar-refractivity contribution in [1.82, 2.24) is 20.4 Å². The lowest BCUT2D eigenvalue weighted by Crippen LogP contribution is -2.63. The zero-order chi connectivity index (χ0) is 27.0. The Balaban J connectivity index is 1.03. The lowest BCUT2D eigenvalue weighted by Gasteiger charge is -2.47. The SMILES string of the molecule is O=C(CNC(=O)c1cccc(C(F)(F)F)c1)NC1CN(C2CCC(N3C(=O)c4ccccc4C3=O)CC2)C1. The van der Waals surface area contributed by atoms with Crippen molar-refractivity contribution in [3.8, 4) is 0 Å². The van der Waals surface area contributed by atoms with Crippen LogP contribution in [-0.4, -0.2) is 71.2 Å². The summed E-state index contributed by atoms with van der Waals surface area (Å²) in [5.41, 5.74) is -0.167. The quantitative estimate of drug-likeness (QED) is 0.562. The number of nitrogens with zero attached hydrogens (tertiary/aromatic N) is 2. The molecule has 2 aromatic carbocycles. The second-order valence-corrected chi connectivity index (χ2v) is 9.97. The lowest BCUT2D eigenvalue weighted by atomic mass is 9.87. The number of nitrogens with one attached hydrogen (secondary N) is 2. The van der Waals surface area contributed by atoms with Crippen molar-refractivity contribution < 1.29 is 32.3 Å². The van der Waals surface area contributed by atoms with E-state index in [1.54, 1.807) is 24.3 Å². The van der Waals surface area contributed by atoms with Crippen molar-refractivity contribution in [1.29, 1.82) is 0 Å². The van der Waals surface area contributed by atoms with Gasteiger partial charge in [-0.05, 0) is 56.0 Å². The van der Waals surface area contributed by atoms with Crippen LogP contribution in [0, 0.1) is 0 Å². The molecule has 11 heteroatoms. The minimum absolute atomic E-state index is 0.0816. The summed E-state index contributed by atoms with van der Waals surface area (Å²) in [6.07, 6.45) is -1.42. The van der Waals surface area contributed by atoms with Gasteiger partial charge in [0.2, 0.25) is 5.91 Å². The van der Waals surface area contributed by atoms with Crippen molar-refractivity contribution >= 4 is 23.6 Å². The summed E-state index contributed by atoms with van der Waals surface area (Å²) >= 11 is 0. The fraction of sp³-hybridized carbons (Fsp3) is 0.407. The third-order valence-corrected chi connectivity index (χ3v) is 7.51. The van der Waals surface area contributed by atoms with E-state index in [0.717, 1.165) is 43.9 Å². The molecule has 0 bridgehead atoms. The molecule has 5 rings (SSSR count). The molecule has 0 unspecified atom stereocenters. The molecule has 38 heavy (non-hydrogen) atoms. The molecule has 0 radical (unpaired) electrons. The van der Waals surface area contributed by atoms with E-state index in [9.17, 15) is 32.3 Å². The van der Waals surface area contributed by atoms with Crippen LogP contribution in [0.25, 0.3) is 0 Å². The second kappa shape index (κ2) is 10.2. The highest BCUT2D eigenvalue weighted by Crippen LogP contribution is 2.34. The third kappa shape index (κ3) is 5.15. The molecule has 1 aliphatic carbocycles. The molecule has 2 aliphatic heterocycles. The Morgan fingerprint density at radius 2 is 1.47 bits per heavy atom. The summed E-state index contributed by atoms with van der Waals surface area (Å²) in [4.78, 5) is 53.6. The number of hydrogen-bond acceptors (Lipinski definition) is 5. The number of fused-ring (bicyclic) bond motifs is 1. The minimum atomic E-state index is -4.56. The van der Waals surface area contributed by atoms with Gasteiger partial charge in [0.15, 0.2) is 0 Å². The molecule has 0 spiro atoms. The van der Waals surface area contributed by atoms with Gasteiger partial charge in [0.1, 0.15) is 0 Å². The molecule has 2 heterocycles. The molecule has 0 atom stereocenters. The molecule has 2 fully saturated rings. The van der Waals surface area contributed by atoms with Gasteiger partial charge < -0.3 is 10.6 Å². The van der Waals surface area contributed by atoms with Crippen molar-refractivity contribution in [2.24, 2.45) is 0 Å². The summed E-state index contributed by atoms with van der Waals surface area (Å²) in [5.74, 6) is -1.61. The molecule has 2 aromatic rings. The summed E-state index contributed by atoms with van der Waals surface area (Å²) in [5, 5.41) is 5.19. The normalized spacial score (nSPS) is 22.1. The Morgan fingerprint density at radius 3 is 2.08 bits per heavy atom. The van der Waals surface area contributed by atoms with E-state index in [0.29, 0.717) is 30.3 Å². The zero-order valence-corrected chi connectivity index (χ0v) is 20.5. The molecule has 3 aliphatic rings. The van der Waals surface area contributed by atoms with Gasteiger partial charge in [-0.2, -0.15) is 13.2 Å². The molecule has 1 saturated carbocycles. The van der Waals surface area contributed by atoms with Gasteiger partial charge in [-0.3, -0.25) is 29.0 Å². The van der Waals surface area contributed by atoms with Crippen LogP contribution in [0.1, 0.15) is 62.3 Å². The maximum Gasteiger partial charge on any atom is 0.416 e. The number of hydrogen-bond donors (Lipinski definition) is 2. The van der Waals surface area contributed by atoms with Crippen LogP contribution in [0.15, 0.2) is 48.5 Å². The third-order valence-electron chi connectivity index (χ3n) is 7.51. The van der Waals surface area contributed by atoms with E-state index in [1.807, 2.05) is 0 Å². The average molecular weight is 529 g/mol. The van der Waals surface area contributed by atoms with Gasteiger partial charge in [-0.1, -0.05) is 18.2 Å². The summed E-state index contributed by atoms with van der Waals surface area (Å²) in [6.45, 7) is 0.961. The average Bonchev–Trinajstić information content (AvgIpc) is 3.14. The first-order valence-electron chi connectivity index (χ1n) is 12.6. The van der Waals surface area contributed by atoms with Crippen LogP contribution in [-0.2, 0) is 11.0 Å². The summed E-state index contributed by atoms with van der Waals surface area (Å²) in [6, 6.07) is 11.0. The van der Waals surface area contributed by atoms with E-state index in [-0.39, 0.29) is 36.0 Å². The fourth-order valence-corrected chi connectivity index (χ4v) is 5.50. The highest BCUT2D eigenvalue weighted by Gasteiger charge is 2.42. The topological polar surface area (TPSA) is 98.8 Å². The van der Waals surface area contributed by atoms with E-state index >= 15 is 0 Å². The van der Waals surface area contributed by atoms with E-state index in [4.69, 9.17) is 0 Å². The van der Waals surface area contributed by atoms with Crippen molar-refractivity contribution in [2.45, 2.75) is 50.0 Å². The molecule has 1 saturated heterocycles. The number of rotatable bonds is 6. The zero-order valence-electron chi connectivity index (χ0n) is 20.5. The van der Waals surface area contributed by atoms with Crippen LogP contribution in [0.4, 0.5) is 13.2 Å². The number of benzene rings is 2. The van der Waals surface area contributed by atoms with Crippen molar-refractivity contribution in [3.63, 3.8) is 0 Å². The van der Waals surface area contributed by atoms with Gasteiger partial charge in [-0.25, -0.2) is 0 Å². The maximum atomic E-state index is 12.8. The molecule has 4 amide bonds. The van der Waals surface area contributed by atoms with Crippen LogP contribution in [0.3, 0.4) is 0 Å². The smallest absolute Gasteiger partial charge is 0.349 e. The fourth-order valence-electron chi connectivity index (χ4n) is 5.50. The predicted molar refractivity (Wildman–Crippen MR) is 130 cm³/mol. The van der Waals surface area contributed by atoms with Gasteiger partial charge >= 0.3 is 6.18 Å². The molecule has 8 nitrogen and oxygen atoms in total. The Morgan fingerprint density at radius 1 is 0.868 bits per heavy atom. The van der Waals surface area contributed by atoms with Crippen molar-refractivity contribution in [2.75, 3.05) is 19.6 Å². The number of carbonyl (C=O) groups is 4. The van der Waals surface area contributed by atoms with Crippen molar-refractivity contribution in [3.05, 3.63) is 70.8 Å². The Kier molecular flexibility index (Phi) is 6.95. The van der Waals surface area contributed by atoms with Crippen LogP contribution in [0.2, 0.25) is 0 Å². The van der Waals surface area contributed by atoms with Gasteiger partial charge in [0.05, 0.1) is 29.3 Å². The van der Waals surface area contributed by atoms with Gasteiger partial charge in [0.25, 0.3) is 17.7 Å². The van der Waals surface area contributed by atoms with Crippen LogP contribution >= 0.6 is 0 Å². The molecular weight excluding hydrogens is 501 g/mol. The lowest BCUT2D eigenvalue weighted by molar-refractivity contribution is -0.137. The second-order valence-electron chi connectivity index (χ2n) is 9.97. The maximum absolute atomic E-state index is 12.8. The monoisotopic (exact) mass is 528 g/mol. The number of likely N-dealkylation sites (tertiary alicyclic amines) is 1. The van der Waals surface area contributed by atoms with E-state index in [2.05, 4.69) is 15.5 Å².